The third-order valence-electron chi connectivity index (χ3n) is 3.46. The lowest BCUT2D eigenvalue weighted by Crippen LogP contribution is -2.29. The number of benzene rings is 2. The molecular formula is C17H15N3O2. The van der Waals surface area contributed by atoms with Crippen LogP contribution in [0.1, 0.15) is 34.6 Å². The summed E-state index contributed by atoms with van der Waals surface area (Å²) in [5.41, 5.74) is 1.63. The van der Waals surface area contributed by atoms with Gasteiger partial charge in [0.1, 0.15) is 0 Å². The standard InChI is InChI=1S/C15H9N3O2.C2H6/c19-14-9-5-1-2-6-10(9)15(20)18(14)13-11-7-3-4-8-12(11)16-17-13;1-2/h1-8H,(H,16,17);1-2H3. The molecule has 1 N–H and O–H groups in total. The van der Waals surface area contributed by atoms with E-state index < -0.39 is 0 Å². The molecule has 0 saturated carbocycles. The molecule has 0 atom stereocenters. The van der Waals surface area contributed by atoms with E-state index in [9.17, 15) is 9.59 Å². The van der Waals surface area contributed by atoms with E-state index in [2.05, 4.69) is 10.2 Å². The first-order valence-electron chi connectivity index (χ1n) is 7.18. The highest BCUT2D eigenvalue weighted by atomic mass is 16.2. The zero-order valence-electron chi connectivity index (χ0n) is 12.3. The summed E-state index contributed by atoms with van der Waals surface area (Å²) in [7, 11) is 0. The van der Waals surface area contributed by atoms with Crippen LogP contribution in [0.25, 0.3) is 10.9 Å². The number of carbonyl (C=O) groups is 2. The Morgan fingerprint density at radius 2 is 1.41 bits per heavy atom. The van der Waals surface area contributed by atoms with Crippen LogP contribution in [0.5, 0.6) is 0 Å². The Labute approximate surface area is 127 Å². The first kappa shape index (κ1) is 14.0. The van der Waals surface area contributed by atoms with Crippen LogP contribution in [-0.4, -0.2) is 22.0 Å². The number of nitrogens with one attached hydrogen (secondary N) is 1. The van der Waals surface area contributed by atoms with Gasteiger partial charge in [-0.15, -0.1) is 0 Å². The molecule has 0 bridgehead atoms. The van der Waals surface area contributed by atoms with Gasteiger partial charge in [-0.25, -0.2) is 4.90 Å². The molecule has 4 rings (SSSR count). The molecule has 0 fully saturated rings. The molecule has 5 heteroatoms. The minimum atomic E-state index is -0.331. The maximum atomic E-state index is 12.4. The molecule has 0 aliphatic carbocycles. The zero-order chi connectivity index (χ0) is 15.7. The van der Waals surface area contributed by atoms with Crippen molar-refractivity contribution in [2.75, 3.05) is 4.90 Å². The Morgan fingerprint density at radius 3 is 2.05 bits per heavy atom. The topological polar surface area (TPSA) is 66.1 Å². The fourth-order valence-corrected chi connectivity index (χ4v) is 2.50. The molecule has 2 amide bonds. The van der Waals surface area contributed by atoms with Crippen molar-refractivity contribution in [2.45, 2.75) is 13.8 Å². The van der Waals surface area contributed by atoms with Crippen LogP contribution in [0, 0.1) is 0 Å². The lowest BCUT2D eigenvalue weighted by molar-refractivity contribution is 0.0925. The number of nitrogens with zero attached hydrogens (tertiary/aromatic N) is 2. The van der Waals surface area contributed by atoms with Crippen molar-refractivity contribution in [3.63, 3.8) is 0 Å². The number of anilines is 1. The van der Waals surface area contributed by atoms with E-state index in [1.54, 1.807) is 24.3 Å². The second-order valence-corrected chi connectivity index (χ2v) is 4.58. The maximum Gasteiger partial charge on any atom is 0.267 e. The number of carbonyl (C=O) groups excluding carboxylic acids is 2. The molecule has 0 spiro atoms. The minimum Gasteiger partial charge on any atom is -0.276 e. The third-order valence-corrected chi connectivity index (χ3v) is 3.46. The molecular weight excluding hydrogens is 278 g/mol. The number of aromatic nitrogens is 2. The summed E-state index contributed by atoms with van der Waals surface area (Å²) >= 11 is 0. The highest BCUT2D eigenvalue weighted by Crippen LogP contribution is 2.31. The summed E-state index contributed by atoms with van der Waals surface area (Å²) in [6.07, 6.45) is 0. The maximum absolute atomic E-state index is 12.4. The van der Waals surface area contributed by atoms with Gasteiger partial charge in [-0.05, 0) is 24.3 Å². The van der Waals surface area contributed by atoms with E-state index in [0.717, 1.165) is 15.8 Å². The van der Waals surface area contributed by atoms with E-state index in [1.165, 1.54) is 0 Å². The van der Waals surface area contributed by atoms with Crippen LogP contribution in [0.3, 0.4) is 0 Å². The number of hydrogen-bond acceptors (Lipinski definition) is 3. The summed E-state index contributed by atoms with van der Waals surface area (Å²) in [5, 5.41) is 7.71. The van der Waals surface area contributed by atoms with E-state index in [4.69, 9.17) is 0 Å². The molecule has 0 saturated heterocycles. The van der Waals surface area contributed by atoms with Crippen LogP contribution in [0.2, 0.25) is 0 Å². The number of fused-ring (bicyclic) bond motifs is 2. The molecule has 5 nitrogen and oxygen atoms in total. The van der Waals surface area contributed by atoms with Gasteiger partial charge >= 0.3 is 0 Å². The summed E-state index contributed by atoms with van der Waals surface area (Å²) in [4.78, 5) is 25.9. The third kappa shape index (κ3) is 1.90. The number of para-hydroxylation sites is 1. The SMILES string of the molecule is CC.O=C1c2ccccc2C(=O)N1c1n[nH]c2ccccc12. The second-order valence-electron chi connectivity index (χ2n) is 4.58. The molecule has 110 valence electrons. The van der Waals surface area contributed by atoms with Gasteiger partial charge in [0.15, 0.2) is 5.82 Å². The number of imide groups is 1. The van der Waals surface area contributed by atoms with Gasteiger partial charge in [-0.1, -0.05) is 38.1 Å². The number of rotatable bonds is 1. The lowest BCUT2D eigenvalue weighted by atomic mass is 10.1. The molecule has 0 radical (unpaired) electrons. The normalized spacial score (nSPS) is 13.1. The van der Waals surface area contributed by atoms with E-state index in [1.807, 2.05) is 38.1 Å². The smallest absolute Gasteiger partial charge is 0.267 e. The quantitative estimate of drug-likeness (QED) is 0.699. The zero-order valence-corrected chi connectivity index (χ0v) is 12.3. The Hall–Kier alpha value is -2.95. The Balaban J connectivity index is 0.000000693. The summed E-state index contributed by atoms with van der Waals surface area (Å²) in [6, 6.07) is 14.2. The second kappa shape index (κ2) is 5.44. The average Bonchev–Trinajstić information content (AvgIpc) is 3.10. The van der Waals surface area contributed by atoms with Crippen molar-refractivity contribution in [2.24, 2.45) is 0 Å². The molecule has 22 heavy (non-hydrogen) atoms. The van der Waals surface area contributed by atoms with Crippen molar-refractivity contribution in [3.05, 3.63) is 59.7 Å². The lowest BCUT2D eigenvalue weighted by Gasteiger charge is -2.10. The van der Waals surface area contributed by atoms with Crippen LogP contribution in [0.4, 0.5) is 5.82 Å². The molecule has 1 aliphatic heterocycles. The van der Waals surface area contributed by atoms with Crippen molar-refractivity contribution < 1.29 is 9.59 Å². The number of aromatic amines is 1. The largest absolute Gasteiger partial charge is 0.276 e. The summed E-state index contributed by atoms with van der Waals surface area (Å²) in [5.74, 6) is -0.308. The summed E-state index contributed by atoms with van der Waals surface area (Å²) in [6.45, 7) is 4.00. The van der Waals surface area contributed by atoms with Gasteiger partial charge in [-0.3, -0.25) is 14.7 Å². The molecule has 2 heterocycles. The van der Waals surface area contributed by atoms with E-state index >= 15 is 0 Å². The Kier molecular flexibility index (Phi) is 3.47. The highest BCUT2D eigenvalue weighted by molar-refractivity contribution is 6.35. The summed E-state index contributed by atoms with van der Waals surface area (Å²) < 4.78 is 0. The fourth-order valence-electron chi connectivity index (χ4n) is 2.50. The van der Waals surface area contributed by atoms with Gasteiger partial charge in [0.2, 0.25) is 0 Å². The number of hydrogen-bond donors (Lipinski definition) is 1. The molecule has 2 aromatic carbocycles. The molecule has 3 aromatic rings. The monoisotopic (exact) mass is 293 g/mol. The Morgan fingerprint density at radius 1 is 0.864 bits per heavy atom. The van der Waals surface area contributed by atoms with Crippen LogP contribution in [-0.2, 0) is 0 Å². The van der Waals surface area contributed by atoms with Crippen molar-refractivity contribution in [3.8, 4) is 0 Å². The van der Waals surface area contributed by atoms with Crippen molar-refractivity contribution in [1.82, 2.24) is 10.2 Å². The van der Waals surface area contributed by atoms with Crippen LogP contribution >= 0.6 is 0 Å². The van der Waals surface area contributed by atoms with E-state index in [0.29, 0.717) is 16.9 Å². The van der Waals surface area contributed by atoms with Gasteiger partial charge in [-0.2, -0.15) is 5.10 Å². The van der Waals surface area contributed by atoms with Gasteiger partial charge in [0.25, 0.3) is 11.8 Å². The molecule has 1 aliphatic rings. The van der Waals surface area contributed by atoms with Gasteiger partial charge < -0.3 is 0 Å². The fraction of sp³-hybridized carbons (Fsp3) is 0.118. The first-order chi connectivity index (χ1) is 10.8. The van der Waals surface area contributed by atoms with Crippen molar-refractivity contribution in [1.29, 1.82) is 0 Å². The average molecular weight is 293 g/mol. The van der Waals surface area contributed by atoms with Gasteiger partial charge in [0, 0.05) is 5.39 Å². The molecule has 1 aromatic heterocycles. The van der Waals surface area contributed by atoms with Crippen LogP contribution < -0.4 is 4.90 Å². The van der Waals surface area contributed by atoms with E-state index in [-0.39, 0.29) is 11.8 Å². The van der Waals surface area contributed by atoms with Crippen molar-refractivity contribution >= 4 is 28.5 Å². The van der Waals surface area contributed by atoms with Gasteiger partial charge in [0.05, 0.1) is 16.6 Å². The number of H-pyrrole nitrogens is 1. The number of amides is 2. The predicted octanol–water partition coefficient (Wildman–Crippen LogP) is 3.39. The Bertz CT molecular complexity index is 832. The first-order valence-corrected chi connectivity index (χ1v) is 7.18. The molecule has 0 unspecified atom stereocenters. The highest BCUT2D eigenvalue weighted by Gasteiger charge is 2.38. The minimum absolute atomic E-state index is 0.331. The van der Waals surface area contributed by atoms with Crippen LogP contribution in [0.15, 0.2) is 48.5 Å². The predicted molar refractivity (Wildman–Crippen MR) is 85.0 cm³/mol.